The number of amides is 1. The lowest BCUT2D eigenvalue weighted by molar-refractivity contribution is -0.118. The molecular weight excluding hydrogens is 360 g/mol. The molecule has 0 spiro atoms. The maximum atomic E-state index is 12.7. The molecule has 1 atom stereocenters. The monoisotopic (exact) mass is 382 g/mol. The van der Waals surface area contributed by atoms with Gasteiger partial charge < -0.3 is 10.1 Å². The lowest BCUT2D eigenvalue weighted by Gasteiger charge is -2.22. The van der Waals surface area contributed by atoms with Gasteiger partial charge >= 0.3 is 0 Å². The number of para-hydroxylation sites is 2. The largest absolute Gasteiger partial charge is 0.492 e. The van der Waals surface area contributed by atoms with Crippen LogP contribution in [0.1, 0.15) is 20.8 Å². The Kier molecular flexibility index (Phi) is 6.57. The first-order valence-corrected chi connectivity index (χ1v) is 10.3. The number of hydrogen-bond donors (Lipinski definition) is 2. The van der Waals surface area contributed by atoms with E-state index in [9.17, 15) is 13.2 Å². The van der Waals surface area contributed by atoms with Gasteiger partial charge in [-0.05, 0) is 36.4 Å². The third kappa shape index (κ3) is 5.04. The van der Waals surface area contributed by atoms with Crippen molar-refractivity contribution >= 4 is 33.0 Å². The SMILES string of the molecule is CCOc1ccccc1NC(=O)C(NS(=O)(=O)c1cccs1)C(C)C. The molecule has 2 N–H and O–H groups in total. The van der Waals surface area contributed by atoms with Gasteiger partial charge in [0.15, 0.2) is 0 Å². The van der Waals surface area contributed by atoms with Crippen LogP contribution in [0.15, 0.2) is 46.0 Å². The Morgan fingerprint density at radius 2 is 1.92 bits per heavy atom. The zero-order valence-corrected chi connectivity index (χ0v) is 16.0. The van der Waals surface area contributed by atoms with Crippen LogP contribution in [0.25, 0.3) is 0 Å². The van der Waals surface area contributed by atoms with Crippen LogP contribution >= 0.6 is 11.3 Å². The molecule has 0 bridgehead atoms. The summed E-state index contributed by atoms with van der Waals surface area (Å²) in [5.41, 5.74) is 0.510. The van der Waals surface area contributed by atoms with E-state index in [-0.39, 0.29) is 10.1 Å². The Bertz CT molecular complexity index is 802. The van der Waals surface area contributed by atoms with Crippen molar-refractivity contribution in [1.29, 1.82) is 0 Å². The van der Waals surface area contributed by atoms with Crippen LogP contribution in [0, 0.1) is 5.92 Å². The fourth-order valence-corrected chi connectivity index (χ4v) is 4.55. The molecule has 1 unspecified atom stereocenters. The van der Waals surface area contributed by atoms with Crippen molar-refractivity contribution in [3.63, 3.8) is 0 Å². The minimum atomic E-state index is -3.74. The minimum absolute atomic E-state index is 0.181. The molecule has 1 aromatic heterocycles. The quantitative estimate of drug-likeness (QED) is 0.735. The summed E-state index contributed by atoms with van der Waals surface area (Å²) in [5, 5.41) is 4.44. The van der Waals surface area contributed by atoms with Crippen LogP contribution in [-0.4, -0.2) is 27.0 Å². The first-order chi connectivity index (χ1) is 11.8. The number of carbonyl (C=O) groups is 1. The second kappa shape index (κ2) is 8.46. The highest BCUT2D eigenvalue weighted by Gasteiger charge is 2.29. The Hall–Kier alpha value is -1.90. The van der Waals surface area contributed by atoms with Crippen molar-refractivity contribution in [2.75, 3.05) is 11.9 Å². The van der Waals surface area contributed by atoms with Crippen molar-refractivity contribution in [2.24, 2.45) is 5.92 Å². The highest BCUT2D eigenvalue weighted by atomic mass is 32.2. The van der Waals surface area contributed by atoms with Gasteiger partial charge in [0.05, 0.1) is 12.3 Å². The molecule has 0 saturated heterocycles. The molecule has 1 heterocycles. The third-order valence-electron chi connectivity index (χ3n) is 3.44. The van der Waals surface area contributed by atoms with Gasteiger partial charge in [-0.1, -0.05) is 32.0 Å². The molecule has 2 rings (SSSR count). The van der Waals surface area contributed by atoms with Gasteiger partial charge in [-0.2, -0.15) is 4.72 Å². The fraction of sp³-hybridized carbons (Fsp3) is 0.353. The smallest absolute Gasteiger partial charge is 0.250 e. The average molecular weight is 383 g/mol. The van der Waals surface area contributed by atoms with E-state index < -0.39 is 22.0 Å². The van der Waals surface area contributed by atoms with E-state index in [1.54, 1.807) is 49.6 Å². The topological polar surface area (TPSA) is 84.5 Å². The Balaban J connectivity index is 2.19. The molecule has 8 heteroatoms. The van der Waals surface area contributed by atoms with Crippen LogP contribution in [0.4, 0.5) is 5.69 Å². The van der Waals surface area contributed by atoms with Gasteiger partial charge in [-0.15, -0.1) is 11.3 Å². The van der Waals surface area contributed by atoms with Gasteiger partial charge in [0.1, 0.15) is 16.0 Å². The minimum Gasteiger partial charge on any atom is -0.492 e. The van der Waals surface area contributed by atoms with Crippen molar-refractivity contribution in [3.05, 3.63) is 41.8 Å². The number of thiophene rings is 1. The lowest BCUT2D eigenvalue weighted by atomic mass is 10.0. The summed E-state index contributed by atoms with van der Waals surface area (Å²) in [7, 11) is -3.74. The number of anilines is 1. The molecule has 0 aliphatic heterocycles. The van der Waals surface area contributed by atoms with E-state index >= 15 is 0 Å². The first kappa shape index (κ1) is 19.4. The van der Waals surface area contributed by atoms with Crippen LogP contribution in [-0.2, 0) is 14.8 Å². The fourth-order valence-electron chi connectivity index (χ4n) is 2.20. The molecule has 1 amide bonds. The highest BCUT2D eigenvalue weighted by molar-refractivity contribution is 7.91. The molecule has 0 radical (unpaired) electrons. The number of ether oxygens (including phenoxy) is 1. The number of rotatable bonds is 8. The number of carbonyl (C=O) groups excluding carboxylic acids is 1. The van der Waals surface area contributed by atoms with E-state index in [1.807, 2.05) is 6.92 Å². The molecule has 6 nitrogen and oxygen atoms in total. The van der Waals surface area contributed by atoms with Gasteiger partial charge in [-0.25, -0.2) is 8.42 Å². The van der Waals surface area contributed by atoms with Gasteiger partial charge in [-0.3, -0.25) is 4.79 Å². The molecule has 136 valence electrons. The predicted octanol–water partition coefficient (Wildman–Crippen LogP) is 3.09. The summed E-state index contributed by atoms with van der Waals surface area (Å²) in [5.74, 6) is -0.113. The van der Waals surface area contributed by atoms with Crippen molar-refractivity contribution in [3.8, 4) is 5.75 Å². The molecule has 0 saturated carbocycles. The van der Waals surface area contributed by atoms with Crippen LogP contribution in [0.2, 0.25) is 0 Å². The summed E-state index contributed by atoms with van der Waals surface area (Å²) in [6.07, 6.45) is 0. The number of nitrogens with one attached hydrogen (secondary N) is 2. The second-order valence-electron chi connectivity index (χ2n) is 5.69. The molecule has 2 aromatic rings. The number of sulfonamides is 1. The number of hydrogen-bond acceptors (Lipinski definition) is 5. The zero-order chi connectivity index (χ0) is 18.4. The normalized spacial score (nSPS) is 12.8. The van der Waals surface area contributed by atoms with Crippen LogP contribution in [0.3, 0.4) is 0 Å². The van der Waals surface area contributed by atoms with E-state index in [2.05, 4.69) is 10.0 Å². The van der Waals surface area contributed by atoms with E-state index in [0.717, 1.165) is 11.3 Å². The molecule has 25 heavy (non-hydrogen) atoms. The standard InChI is InChI=1S/C17H22N2O4S2/c1-4-23-14-9-6-5-8-13(14)18-17(20)16(12(2)3)19-25(21,22)15-10-7-11-24-15/h5-12,16,19H,4H2,1-3H3,(H,18,20). The van der Waals surface area contributed by atoms with Crippen molar-refractivity contribution in [1.82, 2.24) is 4.72 Å². The average Bonchev–Trinajstić information content (AvgIpc) is 3.10. The molecular formula is C17H22N2O4S2. The summed E-state index contributed by atoms with van der Waals surface area (Å²) in [6, 6.07) is 9.31. The Labute approximate surface area is 152 Å². The lowest BCUT2D eigenvalue weighted by Crippen LogP contribution is -2.46. The molecule has 0 aliphatic carbocycles. The van der Waals surface area contributed by atoms with Gasteiger partial charge in [0.2, 0.25) is 5.91 Å². The van der Waals surface area contributed by atoms with Crippen LogP contribution in [0.5, 0.6) is 5.75 Å². The van der Waals surface area contributed by atoms with Gasteiger partial charge in [0, 0.05) is 0 Å². The summed E-state index contributed by atoms with van der Waals surface area (Å²) >= 11 is 1.11. The Morgan fingerprint density at radius 1 is 1.20 bits per heavy atom. The third-order valence-corrected chi connectivity index (χ3v) is 6.27. The first-order valence-electron chi connectivity index (χ1n) is 7.93. The molecule has 0 aliphatic rings. The Morgan fingerprint density at radius 3 is 2.52 bits per heavy atom. The van der Waals surface area contributed by atoms with Crippen molar-refractivity contribution < 1.29 is 17.9 Å². The summed E-state index contributed by atoms with van der Waals surface area (Å²) in [4.78, 5) is 12.7. The zero-order valence-electron chi connectivity index (χ0n) is 14.4. The second-order valence-corrected chi connectivity index (χ2v) is 8.58. The summed E-state index contributed by atoms with van der Waals surface area (Å²) in [6.45, 7) is 5.89. The predicted molar refractivity (Wildman–Crippen MR) is 99.5 cm³/mol. The number of benzene rings is 1. The van der Waals surface area contributed by atoms with Crippen molar-refractivity contribution in [2.45, 2.75) is 31.0 Å². The summed E-state index contributed by atoms with van der Waals surface area (Å²) < 4.78 is 33.0. The van der Waals surface area contributed by atoms with Gasteiger partial charge in [0.25, 0.3) is 10.0 Å². The maximum Gasteiger partial charge on any atom is 0.250 e. The maximum absolute atomic E-state index is 12.7. The molecule has 0 fully saturated rings. The molecule has 1 aromatic carbocycles. The highest BCUT2D eigenvalue weighted by Crippen LogP contribution is 2.24. The van der Waals surface area contributed by atoms with Crippen LogP contribution < -0.4 is 14.8 Å². The van der Waals surface area contributed by atoms with E-state index in [0.29, 0.717) is 18.0 Å². The van der Waals surface area contributed by atoms with E-state index in [4.69, 9.17) is 4.74 Å². The van der Waals surface area contributed by atoms with E-state index in [1.165, 1.54) is 6.07 Å².